The third kappa shape index (κ3) is 10.7. The third-order valence-electron chi connectivity index (χ3n) is 15.3. The van der Waals surface area contributed by atoms with Crippen molar-refractivity contribution < 1.29 is 33.4 Å². The lowest BCUT2D eigenvalue weighted by Gasteiger charge is -2.37. The van der Waals surface area contributed by atoms with Crippen molar-refractivity contribution in [2.45, 2.75) is 123 Å². The zero-order valence-electron chi connectivity index (χ0n) is 43.3. The van der Waals surface area contributed by atoms with Crippen molar-refractivity contribution in [1.29, 1.82) is 0 Å². The molecule has 0 unspecified atom stereocenters. The summed E-state index contributed by atoms with van der Waals surface area (Å²) < 4.78 is 16.9. The monoisotopic (exact) mass is 974 g/mol. The van der Waals surface area contributed by atoms with Crippen LogP contribution in [0.5, 0.6) is 0 Å². The molecule has 3 saturated heterocycles. The van der Waals surface area contributed by atoms with Gasteiger partial charge in [0.1, 0.15) is 18.1 Å². The number of esters is 1. The minimum atomic E-state index is -1.05. The number of likely N-dealkylation sites (tertiary alicyclic amines) is 2. The van der Waals surface area contributed by atoms with Gasteiger partial charge in [0.2, 0.25) is 17.7 Å². The van der Waals surface area contributed by atoms with Crippen LogP contribution in [0.1, 0.15) is 103 Å². The first-order valence-corrected chi connectivity index (χ1v) is 25.7. The molecule has 16 nitrogen and oxygen atoms in total. The fraction of sp³-hybridized carbons (Fsp3) is 0.564. The number of ether oxygens (including phenoxy) is 2. The van der Waals surface area contributed by atoms with Crippen molar-refractivity contribution in [3.63, 3.8) is 0 Å². The Labute approximate surface area is 419 Å². The van der Waals surface area contributed by atoms with Gasteiger partial charge in [0.05, 0.1) is 42.3 Å². The lowest BCUT2D eigenvalue weighted by Crippen LogP contribution is -2.62. The molecule has 4 amide bonds. The number of amides is 4. The average Bonchev–Trinajstić information content (AvgIpc) is 4.11. The number of hydrogen-bond acceptors (Lipinski definition) is 10. The maximum absolute atomic E-state index is 14.8. The Bertz CT molecular complexity index is 2640. The predicted molar refractivity (Wildman–Crippen MR) is 274 cm³/mol. The molecule has 0 aliphatic carbocycles. The Balaban J connectivity index is 1.19. The Morgan fingerprint density at radius 2 is 1.77 bits per heavy atom. The highest BCUT2D eigenvalue weighted by molar-refractivity contribution is 5.96. The van der Waals surface area contributed by atoms with Crippen molar-refractivity contribution in [1.82, 2.24) is 44.8 Å². The molecule has 6 heterocycles. The van der Waals surface area contributed by atoms with E-state index in [1.54, 1.807) is 19.1 Å². The number of carbonyl (C=O) groups excluding carboxylic acids is 5. The highest BCUT2D eigenvalue weighted by atomic mass is 16.5. The number of hydrogen-bond donors (Lipinski definition) is 2. The van der Waals surface area contributed by atoms with Gasteiger partial charge in [-0.15, -0.1) is 0 Å². The van der Waals surface area contributed by atoms with Crippen LogP contribution in [0.15, 0.2) is 61.3 Å². The van der Waals surface area contributed by atoms with Crippen molar-refractivity contribution in [2.75, 3.05) is 60.5 Å². The molecule has 382 valence electrons. The number of nitrogens with zero attached hydrogens (tertiary/aromatic N) is 7. The third-order valence-corrected chi connectivity index (χ3v) is 15.3. The van der Waals surface area contributed by atoms with Crippen molar-refractivity contribution in [3.05, 3.63) is 78.1 Å². The number of benzene rings is 2. The van der Waals surface area contributed by atoms with Crippen LogP contribution in [-0.4, -0.2) is 142 Å². The van der Waals surface area contributed by atoms with Crippen LogP contribution < -0.4 is 10.7 Å². The summed E-state index contributed by atoms with van der Waals surface area (Å²) in [5.74, 6) is -2.55. The van der Waals surface area contributed by atoms with E-state index in [0.29, 0.717) is 45.3 Å². The Hall–Kier alpha value is -5.84. The second-order valence-electron chi connectivity index (χ2n) is 21.4. The van der Waals surface area contributed by atoms with Crippen LogP contribution in [0.4, 0.5) is 0 Å². The van der Waals surface area contributed by atoms with E-state index >= 15 is 0 Å². The zero-order valence-corrected chi connectivity index (χ0v) is 43.3. The SMILES string of the molecule is C=CC(=O)N1CC[C@H](C(=O)N(C)[C@H](C(=O)N[C@H]2Cc3cccc(c3)-c3ccc4c(c3)c(c(-c3cnn(C5CCN(C)CC5)c3[C@H](C)OC)n4CC)CC(C)(C)COC(=O)[C@@H]3CCCN(N3)C2=O)C(C)C)C1. The molecule has 0 spiro atoms. The largest absolute Gasteiger partial charge is 0.464 e. The number of methoxy groups -OCH3 is 1. The molecule has 0 saturated carbocycles. The Morgan fingerprint density at radius 3 is 2.48 bits per heavy atom. The minimum Gasteiger partial charge on any atom is -0.464 e. The van der Waals surface area contributed by atoms with Gasteiger partial charge in [0.25, 0.3) is 5.91 Å². The second-order valence-corrected chi connectivity index (χ2v) is 21.4. The molecule has 5 atom stereocenters. The fourth-order valence-corrected chi connectivity index (χ4v) is 11.4. The van der Waals surface area contributed by atoms with Gasteiger partial charge in [-0.25, -0.2) is 5.43 Å². The second kappa shape index (κ2) is 21.5. The molecular formula is C55H75N9O7. The van der Waals surface area contributed by atoms with Gasteiger partial charge >= 0.3 is 5.97 Å². The van der Waals surface area contributed by atoms with Gasteiger partial charge in [0, 0.05) is 68.6 Å². The molecule has 2 aromatic heterocycles. The first-order valence-electron chi connectivity index (χ1n) is 25.7. The number of carbonyl (C=O) groups is 5. The number of piperidine rings is 1. The number of fused-ring (bicyclic) bond motifs is 6. The van der Waals surface area contributed by atoms with Gasteiger partial charge in [-0.05, 0) is 119 Å². The van der Waals surface area contributed by atoms with Gasteiger partial charge in [-0.3, -0.25) is 33.7 Å². The van der Waals surface area contributed by atoms with Crippen LogP contribution in [0.3, 0.4) is 0 Å². The van der Waals surface area contributed by atoms with Gasteiger partial charge < -0.3 is 34.1 Å². The summed E-state index contributed by atoms with van der Waals surface area (Å²) >= 11 is 0. The van der Waals surface area contributed by atoms with Gasteiger partial charge in [-0.1, -0.05) is 64.6 Å². The van der Waals surface area contributed by atoms with Crippen LogP contribution >= 0.6 is 0 Å². The molecule has 71 heavy (non-hydrogen) atoms. The molecular weight excluding hydrogens is 899 g/mol. The summed E-state index contributed by atoms with van der Waals surface area (Å²) in [6.45, 7) is 19.7. The Morgan fingerprint density at radius 1 is 1.03 bits per heavy atom. The van der Waals surface area contributed by atoms with Gasteiger partial charge in [0.15, 0.2) is 0 Å². The van der Waals surface area contributed by atoms with E-state index < -0.39 is 47.2 Å². The standard InChI is InChI=1S/C55H75N9O7/c1-11-47(65)61-26-20-39(32-61)52(67)60(9)48(34(3)4)51(66)57-45-28-36-15-13-16-37(27-36)38-18-19-46-41(29-38)42(30-55(6,7)33-71-54(69)44-17-14-23-63(58-44)53(45)68)50(62(46)12-2)43-31-56-64(49(43)35(5)70-10)40-21-24-59(8)25-22-40/h11,13,15-16,18-19,27,29,31,34-35,39-40,44-45,48,58H,1,12,14,17,20-26,28,30,32-33H2,2-10H3,(H,57,66)/t35-,39-,44-,45-,48-/m0/s1. The normalized spacial score (nSPS) is 22.3. The van der Waals surface area contributed by atoms with Crippen LogP contribution in [0, 0.1) is 17.3 Å². The Kier molecular flexibility index (Phi) is 15.6. The molecule has 6 bridgehead atoms. The van der Waals surface area contributed by atoms with Crippen LogP contribution in [0.25, 0.3) is 33.3 Å². The molecule has 4 aliphatic rings. The van der Waals surface area contributed by atoms with Crippen molar-refractivity contribution in [3.8, 4) is 22.4 Å². The molecule has 0 radical (unpaired) electrons. The molecule has 4 aromatic rings. The molecule has 8 rings (SSSR count). The van der Waals surface area contributed by atoms with E-state index in [4.69, 9.17) is 14.6 Å². The summed E-state index contributed by atoms with van der Waals surface area (Å²) in [6.07, 6.45) is 7.28. The quantitative estimate of drug-likeness (QED) is 0.128. The average molecular weight is 974 g/mol. The summed E-state index contributed by atoms with van der Waals surface area (Å²) in [5, 5.41) is 10.8. The van der Waals surface area contributed by atoms with Gasteiger partial charge in [-0.2, -0.15) is 5.10 Å². The molecule has 2 aromatic carbocycles. The number of hydrazine groups is 1. The zero-order chi connectivity index (χ0) is 50.9. The van der Waals surface area contributed by atoms with Crippen molar-refractivity contribution >= 4 is 40.5 Å². The van der Waals surface area contributed by atoms with E-state index in [1.807, 2.05) is 32.2 Å². The molecule has 2 N–H and O–H groups in total. The molecule has 4 aliphatic heterocycles. The van der Waals surface area contributed by atoms with E-state index in [2.05, 4.69) is 96.5 Å². The minimum absolute atomic E-state index is 0.138. The summed E-state index contributed by atoms with van der Waals surface area (Å²) in [6, 6.07) is 12.2. The highest BCUT2D eigenvalue weighted by Gasteiger charge is 2.40. The molecule has 16 heteroatoms. The van der Waals surface area contributed by atoms with E-state index in [1.165, 1.54) is 16.0 Å². The summed E-state index contributed by atoms with van der Waals surface area (Å²) in [7, 11) is 5.54. The fourth-order valence-electron chi connectivity index (χ4n) is 11.4. The first-order chi connectivity index (χ1) is 33.9. The first kappa shape index (κ1) is 51.5. The highest BCUT2D eigenvalue weighted by Crippen LogP contribution is 2.43. The summed E-state index contributed by atoms with van der Waals surface area (Å²) in [4.78, 5) is 75.2. The topological polar surface area (TPSA) is 164 Å². The molecule has 3 fully saturated rings. The lowest BCUT2D eigenvalue weighted by molar-refractivity contribution is -0.155. The number of aryl methyl sites for hydroxylation is 1. The maximum Gasteiger partial charge on any atom is 0.324 e. The van der Waals surface area contributed by atoms with Crippen LogP contribution in [0.2, 0.25) is 0 Å². The summed E-state index contributed by atoms with van der Waals surface area (Å²) in [5.41, 5.74) is 10.8. The number of nitrogens with one attached hydrogen (secondary N) is 2. The lowest BCUT2D eigenvalue weighted by atomic mass is 9.84. The van der Waals surface area contributed by atoms with E-state index in [9.17, 15) is 24.0 Å². The maximum atomic E-state index is 14.8. The number of cyclic esters (lactones) is 1. The predicted octanol–water partition coefficient (Wildman–Crippen LogP) is 6.33. The number of likely N-dealkylation sites (N-methyl/N-ethyl adjacent to an activating group) is 1. The van der Waals surface area contributed by atoms with E-state index in [-0.39, 0.29) is 49.5 Å². The van der Waals surface area contributed by atoms with Crippen LogP contribution in [-0.2, 0) is 52.8 Å². The van der Waals surface area contributed by atoms with E-state index in [0.717, 1.165) is 76.0 Å². The smallest absolute Gasteiger partial charge is 0.324 e. The number of aromatic nitrogens is 3. The number of rotatable bonds is 11. The van der Waals surface area contributed by atoms with Crippen molar-refractivity contribution in [2.24, 2.45) is 17.3 Å².